The largest absolute Gasteiger partial charge is 0.460 e. The Kier molecular flexibility index (Phi) is 5.04. The number of hydrogen-bond acceptors (Lipinski definition) is 4. The van der Waals surface area contributed by atoms with Crippen molar-refractivity contribution in [1.29, 1.82) is 0 Å². The molecule has 0 fully saturated rings. The highest BCUT2D eigenvalue weighted by molar-refractivity contribution is 5.88. The van der Waals surface area contributed by atoms with Gasteiger partial charge in [0.05, 0.1) is 19.0 Å². The lowest BCUT2D eigenvalue weighted by atomic mass is 10.1. The lowest BCUT2D eigenvalue weighted by Crippen LogP contribution is -2.18. The summed E-state index contributed by atoms with van der Waals surface area (Å²) in [6.45, 7) is 3.16. The number of rotatable bonds is 6. The first kappa shape index (κ1) is 15.9. The molecular weight excluding hydrogens is 287 g/mol. The number of hydrogen-bond donors (Lipinski definition) is 0. The minimum atomic E-state index is -0.879. The van der Waals surface area contributed by atoms with Crippen molar-refractivity contribution >= 4 is 11.8 Å². The SMILES string of the molecule is CC(=O)CCOC(=O)c1c(F)ncn1[C@H](C)c1ccccc1. The van der Waals surface area contributed by atoms with E-state index in [2.05, 4.69) is 4.98 Å². The van der Waals surface area contributed by atoms with Crippen molar-refractivity contribution in [1.82, 2.24) is 9.55 Å². The van der Waals surface area contributed by atoms with E-state index in [4.69, 9.17) is 4.74 Å². The third-order valence-electron chi connectivity index (χ3n) is 3.33. The highest BCUT2D eigenvalue weighted by atomic mass is 19.1. The van der Waals surface area contributed by atoms with Crippen molar-refractivity contribution in [3.63, 3.8) is 0 Å². The number of aromatic nitrogens is 2. The Bertz CT molecular complexity index is 667. The standard InChI is InChI=1S/C16H17FN2O3/c1-11(20)8-9-22-16(21)14-15(17)18-10-19(14)12(2)13-6-4-3-5-7-13/h3-7,10,12H,8-9H2,1-2H3/t12-/m1/s1. The zero-order chi connectivity index (χ0) is 16.1. The number of nitrogens with zero attached hydrogens (tertiary/aromatic N) is 2. The molecule has 6 heteroatoms. The van der Waals surface area contributed by atoms with E-state index in [1.54, 1.807) is 0 Å². The lowest BCUT2D eigenvalue weighted by molar-refractivity contribution is -0.117. The molecule has 0 saturated carbocycles. The number of esters is 1. The smallest absolute Gasteiger partial charge is 0.359 e. The number of ether oxygens (including phenoxy) is 1. The number of carbonyl (C=O) groups excluding carboxylic acids is 2. The molecule has 2 aromatic rings. The lowest BCUT2D eigenvalue weighted by Gasteiger charge is -2.16. The number of benzene rings is 1. The van der Waals surface area contributed by atoms with Crippen LogP contribution in [0.15, 0.2) is 36.7 Å². The third-order valence-corrected chi connectivity index (χ3v) is 3.33. The minimum Gasteiger partial charge on any atom is -0.460 e. The zero-order valence-electron chi connectivity index (χ0n) is 12.5. The van der Waals surface area contributed by atoms with Gasteiger partial charge in [0.2, 0.25) is 5.95 Å². The van der Waals surface area contributed by atoms with Crippen LogP contribution < -0.4 is 0 Å². The van der Waals surface area contributed by atoms with Crippen molar-refractivity contribution in [3.05, 3.63) is 53.9 Å². The highest BCUT2D eigenvalue weighted by Gasteiger charge is 2.24. The highest BCUT2D eigenvalue weighted by Crippen LogP contribution is 2.21. The molecule has 1 aromatic carbocycles. The summed E-state index contributed by atoms with van der Waals surface area (Å²) in [5, 5.41) is 0. The Balaban J connectivity index is 2.20. The maximum Gasteiger partial charge on any atom is 0.359 e. The molecule has 0 aliphatic heterocycles. The topological polar surface area (TPSA) is 61.2 Å². The first-order chi connectivity index (χ1) is 10.5. The van der Waals surface area contributed by atoms with Crippen LogP contribution in [0.3, 0.4) is 0 Å². The number of carbonyl (C=O) groups is 2. The summed E-state index contributed by atoms with van der Waals surface area (Å²) in [5.74, 6) is -1.80. The summed E-state index contributed by atoms with van der Waals surface area (Å²) in [6.07, 6.45) is 1.38. The second-order valence-electron chi connectivity index (χ2n) is 4.97. The number of ketones is 1. The Hall–Kier alpha value is -2.50. The summed E-state index contributed by atoms with van der Waals surface area (Å²) >= 11 is 0. The van der Waals surface area contributed by atoms with E-state index in [9.17, 15) is 14.0 Å². The van der Waals surface area contributed by atoms with Crippen molar-refractivity contribution in [2.75, 3.05) is 6.61 Å². The van der Waals surface area contributed by atoms with Crippen LogP contribution in [0.2, 0.25) is 0 Å². The Morgan fingerprint density at radius 2 is 2.00 bits per heavy atom. The Morgan fingerprint density at radius 3 is 2.64 bits per heavy atom. The molecule has 1 atom stereocenters. The molecule has 0 N–H and O–H groups in total. The molecule has 0 radical (unpaired) electrons. The molecule has 0 bridgehead atoms. The van der Waals surface area contributed by atoms with E-state index >= 15 is 0 Å². The zero-order valence-corrected chi connectivity index (χ0v) is 12.5. The quantitative estimate of drug-likeness (QED) is 0.770. The van der Waals surface area contributed by atoms with E-state index in [0.29, 0.717) is 0 Å². The number of imidazole rings is 1. The van der Waals surface area contributed by atoms with Gasteiger partial charge in [-0.15, -0.1) is 0 Å². The summed E-state index contributed by atoms with van der Waals surface area (Å²) in [4.78, 5) is 26.4. The van der Waals surface area contributed by atoms with Gasteiger partial charge in [0.15, 0.2) is 5.69 Å². The van der Waals surface area contributed by atoms with E-state index in [-0.39, 0.29) is 30.5 Å². The van der Waals surface area contributed by atoms with Crippen LogP contribution in [0.25, 0.3) is 0 Å². The first-order valence-corrected chi connectivity index (χ1v) is 6.94. The van der Waals surface area contributed by atoms with Gasteiger partial charge in [0.1, 0.15) is 5.78 Å². The van der Waals surface area contributed by atoms with Crippen LogP contribution in [0.1, 0.15) is 42.4 Å². The molecule has 0 saturated heterocycles. The van der Waals surface area contributed by atoms with Crippen LogP contribution in [0, 0.1) is 5.95 Å². The van der Waals surface area contributed by atoms with E-state index < -0.39 is 11.9 Å². The fourth-order valence-electron chi connectivity index (χ4n) is 2.07. The average molecular weight is 304 g/mol. The van der Waals surface area contributed by atoms with Gasteiger partial charge >= 0.3 is 5.97 Å². The third kappa shape index (κ3) is 3.58. The summed E-state index contributed by atoms with van der Waals surface area (Å²) in [5.41, 5.74) is 0.678. The van der Waals surface area contributed by atoms with Crippen LogP contribution in [-0.4, -0.2) is 27.9 Å². The molecule has 1 aromatic heterocycles. The van der Waals surface area contributed by atoms with Crippen molar-refractivity contribution < 1.29 is 18.7 Å². The fraction of sp³-hybridized carbons (Fsp3) is 0.312. The van der Waals surface area contributed by atoms with Gasteiger partial charge in [0, 0.05) is 6.42 Å². The monoisotopic (exact) mass is 304 g/mol. The Morgan fingerprint density at radius 1 is 1.32 bits per heavy atom. The van der Waals surface area contributed by atoms with Gasteiger partial charge in [0.25, 0.3) is 0 Å². The number of Topliss-reactive ketones (excluding diaryl/α,β-unsaturated/α-hetero) is 1. The van der Waals surface area contributed by atoms with Crippen LogP contribution >= 0.6 is 0 Å². The molecule has 116 valence electrons. The van der Waals surface area contributed by atoms with Crippen LogP contribution in [0.4, 0.5) is 4.39 Å². The molecule has 2 rings (SSSR count). The maximum atomic E-state index is 13.8. The van der Waals surface area contributed by atoms with Gasteiger partial charge in [-0.2, -0.15) is 4.39 Å². The van der Waals surface area contributed by atoms with Crippen LogP contribution in [0.5, 0.6) is 0 Å². The molecule has 1 heterocycles. The fourth-order valence-corrected chi connectivity index (χ4v) is 2.07. The van der Waals surface area contributed by atoms with E-state index in [1.165, 1.54) is 17.8 Å². The van der Waals surface area contributed by atoms with Gasteiger partial charge in [-0.25, -0.2) is 9.78 Å². The molecule has 5 nitrogen and oxygen atoms in total. The summed E-state index contributed by atoms with van der Waals surface area (Å²) in [7, 11) is 0. The number of halogens is 1. The molecule has 0 aliphatic rings. The van der Waals surface area contributed by atoms with Gasteiger partial charge < -0.3 is 9.30 Å². The average Bonchev–Trinajstić information content (AvgIpc) is 2.88. The Labute approximate surface area is 127 Å². The minimum absolute atomic E-state index is 0.0709. The van der Waals surface area contributed by atoms with Crippen molar-refractivity contribution in [2.45, 2.75) is 26.3 Å². The van der Waals surface area contributed by atoms with Crippen molar-refractivity contribution in [2.24, 2.45) is 0 Å². The normalized spacial score (nSPS) is 12.0. The molecular formula is C16H17FN2O3. The summed E-state index contributed by atoms with van der Waals surface area (Å²) < 4.78 is 20.2. The maximum absolute atomic E-state index is 13.8. The van der Waals surface area contributed by atoms with Gasteiger partial charge in [-0.1, -0.05) is 30.3 Å². The molecule has 22 heavy (non-hydrogen) atoms. The summed E-state index contributed by atoms with van der Waals surface area (Å²) in [6, 6.07) is 9.10. The predicted molar refractivity (Wildman–Crippen MR) is 78.0 cm³/mol. The van der Waals surface area contributed by atoms with Gasteiger partial charge in [-0.05, 0) is 19.4 Å². The second kappa shape index (κ2) is 6.98. The molecule has 0 unspecified atom stereocenters. The van der Waals surface area contributed by atoms with Crippen LogP contribution in [-0.2, 0) is 9.53 Å². The van der Waals surface area contributed by atoms with E-state index in [0.717, 1.165) is 5.56 Å². The molecule has 0 aliphatic carbocycles. The predicted octanol–water partition coefficient (Wildman–Crippen LogP) is 2.77. The van der Waals surface area contributed by atoms with Crippen molar-refractivity contribution in [3.8, 4) is 0 Å². The first-order valence-electron chi connectivity index (χ1n) is 6.94. The molecule has 0 amide bonds. The second-order valence-corrected chi connectivity index (χ2v) is 4.97. The van der Waals surface area contributed by atoms with E-state index in [1.807, 2.05) is 37.3 Å². The van der Waals surface area contributed by atoms with Gasteiger partial charge in [-0.3, -0.25) is 4.79 Å². The molecule has 0 spiro atoms.